The smallest absolute Gasteiger partial charge is 0.324 e. The molecule has 2 rings (SSSR count). The molecule has 1 aromatic carbocycles. The lowest BCUT2D eigenvalue weighted by Gasteiger charge is -2.05. The Labute approximate surface area is 107 Å². The molecule has 0 saturated heterocycles. The quantitative estimate of drug-likeness (QED) is 0.769. The van der Waals surface area contributed by atoms with Crippen LogP contribution >= 0.6 is 34.8 Å². The van der Waals surface area contributed by atoms with Gasteiger partial charge in [0.1, 0.15) is 16.1 Å². The third-order valence-corrected chi connectivity index (χ3v) is 2.38. The van der Waals surface area contributed by atoms with Crippen LogP contribution in [-0.2, 0) is 0 Å². The molecule has 1 aromatic heterocycles. The minimum absolute atomic E-state index is 0.0607. The molecule has 0 amide bonds. The molecular formula is C10H5Cl3N2O. The Bertz CT molecular complexity index is 499. The van der Waals surface area contributed by atoms with Gasteiger partial charge in [0, 0.05) is 6.07 Å². The molecular weight excluding hydrogens is 270 g/mol. The molecule has 1 heterocycles. The van der Waals surface area contributed by atoms with Crippen molar-refractivity contribution in [3.8, 4) is 11.8 Å². The number of aromatic nitrogens is 2. The highest BCUT2D eigenvalue weighted by molar-refractivity contribution is 6.33. The molecule has 0 unspecified atom stereocenters. The van der Waals surface area contributed by atoms with Crippen molar-refractivity contribution >= 4 is 34.8 Å². The van der Waals surface area contributed by atoms with Gasteiger partial charge in [0.05, 0.1) is 5.02 Å². The lowest BCUT2D eigenvalue weighted by Crippen LogP contribution is -1.92. The van der Waals surface area contributed by atoms with Crippen molar-refractivity contribution in [1.82, 2.24) is 9.97 Å². The Morgan fingerprint density at radius 3 is 2.19 bits per heavy atom. The van der Waals surface area contributed by atoms with Gasteiger partial charge in [-0.25, -0.2) is 0 Å². The molecule has 6 heteroatoms. The van der Waals surface area contributed by atoms with Gasteiger partial charge >= 0.3 is 6.01 Å². The van der Waals surface area contributed by atoms with E-state index in [-0.39, 0.29) is 16.3 Å². The van der Waals surface area contributed by atoms with Crippen LogP contribution in [-0.4, -0.2) is 9.97 Å². The maximum absolute atomic E-state index is 5.91. The van der Waals surface area contributed by atoms with Gasteiger partial charge in [-0.1, -0.05) is 46.9 Å². The second kappa shape index (κ2) is 4.87. The van der Waals surface area contributed by atoms with Gasteiger partial charge in [-0.2, -0.15) is 9.97 Å². The molecule has 82 valence electrons. The standard InChI is InChI=1S/C10H5Cl3N2O/c11-6-3-1-2-4-7(6)16-10-14-8(12)5-9(13)15-10/h1-5H. The van der Waals surface area contributed by atoms with Crippen LogP contribution < -0.4 is 4.74 Å². The summed E-state index contributed by atoms with van der Waals surface area (Å²) in [6.07, 6.45) is 0. The zero-order valence-corrected chi connectivity index (χ0v) is 10.1. The molecule has 16 heavy (non-hydrogen) atoms. The lowest BCUT2D eigenvalue weighted by molar-refractivity contribution is 0.442. The second-order valence-corrected chi connectivity index (χ2v) is 4.01. The van der Waals surface area contributed by atoms with E-state index in [9.17, 15) is 0 Å². The number of nitrogens with zero attached hydrogens (tertiary/aromatic N) is 2. The van der Waals surface area contributed by atoms with E-state index in [0.717, 1.165) is 0 Å². The molecule has 0 aliphatic heterocycles. The minimum atomic E-state index is 0.0607. The van der Waals surface area contributed by atoms with Crippen molar-refractivity contribution in [2.75, 3.05) is 0 Å². The Hall–Kier alpha value is -1.03. The zero-order chi connectivity index (χ0) is 11.5. The monoisotopic (exact) mass is 274 g/mol. The van der Waals surface area contributed by atoms with Gasteiger partial charge in [0.15, 0.2) is 0 Å². The molecule has 0 bridgehead atoms. The van der Waals surface area contributed by atoms with Crippen molar-refractivity contribution in [2.45, 2.75) is 0 Å². The van der Waals surface area contributed by atoms with Gasteiger partial charge in [0.25, 0.3) is 0 Å². The SMILES string of the molecule is Clc1cc(Cl)nc(Oc2ccccc2Cl)n1. The van der Waals surface area contributed by atoms with Crippen LogP contribution in [0.15, 0.2) is 30.3 Å². The first kappa shape index (κ1) is 11.5. The average Bonchev–Trinajstić information content (AvgIpc) is 2.20. The van der Waals surface area contributed by atoms with E-state index in [1.165, 1.54) is 6.07 Å². The normalized spacial score (nSPS) is 10.2. The third-order valence-electron chi connectivity index (χ3n) is 1.68. The molecule has 0 N–H and O–H groups in total. The molecule has 2 aromatic rings. The van der Waals surface area contributed by atoms with Gasteiger partial charge in [0.2, 0.25) is 0 Å². The van der Waals surface area contributed by atoms with Gasteiger partial charge < -0.3 is 4.74 Å². The Kier molecular flexibility index (Phi) is 3.49. The fourth-order valence-corrected chi connectivity index (χ4v) is 1.62. The predicted octanol–water partition coefficient (Wildman–Crippen LogP) is 4.23. The number of benzene rings is 1. The van der Waals surface area contributed by atoms with Crippen LogP contribution in [0.25, 0.3) is 0 Å². The van der Waals surface area contributed by atoms with E-state index in [2.05, 4.69) is 9.97 Å². The second-order valence-electron chi connectivity index (χ2n) is 2.83. The zero-order valence-electron chi connectivity index (χ0n) is 7.82. The van der Waals surface area contributed by atoms with Crippen LogP contribution in [0.2, 0.25) is 15.3 Å². The molecule has 0 spiro atoms. The topological polar surface area (TPSA) is 35.0 Å². The summed E-state index contributed by atoms with van der Waals surface area (Å²) in [6.45, 7) is 0. The van der Waals surface area contributed by atoms with Gasteiger partial charge in [-0.15, -0.1) is 0 Å². The summed E-state index contributed by atoms with van der Waals surface area (Å²) in [6, 6.07) is 8.45. The average molecular weight is 276 g/mol. The predicted molar refractivity (Wildman–Crippen MR) is 63.6 cm³/mol. The van der Waals surface area contributed by atoms with E-state index >= 15 is 0 Å². The highest BCUT2D eigenvalue weighted by Crippen LogP contribution is 2.28. The third kappa shape index (κ3) is 2.76. The number of hydrogen-bond acceptors (Lipinski definition) is 3. The fraction of sp³-hybridized carbons (Fsp3) is 0. The summed E-state index contributed by atoms with van der Waals surface area (Å²) in [4.78, 5) is 7.72. The van der Waals surface area contributed by atoms with Crippen LogP contribution in [0.3, 0.4) is 0 Å². The Balaban J connectivity index is 2.30. The van der Waals surface area contributed by atoms with E-state index in [0.29, 0.717) is 10.8 Å². The van der Waals surface area contributed by atoms with Crippen LogP contribution in [0, 0.1) is 0 Å². The number of rotatable bonds is 2. The van der Waals surface area contributed by atoms with Crippen LogP contribution in [0.4, 0.5) is 0 Å². The highest BCUT2D eigenvalue weighted by atomic mass is 35.5. The molecule has 0 aliphatic rings. The molecule has 0 saturated carbocycles. The van der Waals surface area contributed by atoms with E-state index in [4.69, 9.17) is 39.5 Å². The number of halogens is 3. The Morgan fingerprint density at radius 2 is 1.56 bits per heavy atom. The molecule has 0 fully saturated rings. The summed E-state index contributed by atoms with van der Waals surface area (Å²) >= 11 is 17.3. The van der Waals surface area contributed by atoms with Crippen molar-refractivity contribution in [2.24, 2.45) is 0 Å². The number of hydrogen-bond donors (Lipinski definition) is 0. The summed E-state index contributed by atoms with van der Waals surface area (Å²) in [5.41, 5.74) is 0. The fourth-order valence-electron chi connectivity index (χ4n) is 1.04. The molecule has 0 aliphatic carbocycles. The maximum atomic E-state index is 5.91. The van der Waals surface area contributed by atoms with Crippen molar-refractivity contribution < 1.29 is 4.74 Å². The maximum Gasteiger partial charge on any atom is 0.324 e. The summed E-state index contributed by atoms with van der Waals surface area (Å²) < 4.78 is 5.35. The van der Waals surface area contributed by atoms with E-state index in [1.54, 1.807) is 24.3 Å². The van der Waals surface area contributed by atoms with Gasteiger partial charge in [-0.05, 0) is 12.1 Å². The minimum Gasteiger partial charge on any atom is -0.423 e. The van der Waals surface area contributed by atoms with Crippen molar-refractivity contribution in [3.63, 3.8) is 0 Å². The number of para-hydroxylation sites is 1. The first-order valence-corrected chi connectivity index (χ1v) is 5.41. The summed E-state index contributed by atoms with van der Waals surface area (Å²) in [7, 11) is 0. The first-order chi connectivity index (χ1) is 7.65. The Morgan fingerprint density at radius 1 is 0.938 bits per heavy atom. The van der Waals surface area contributed by atoms with Crippen LogP contribution in [0.1, 0.15) is 0 Å². The van der Waals surface area contributed by atoms with E-state index < -0.39 is 0 Å². The largest absolute Gasteiger partial charge is 0.423 e. The van der Waals surface area contributed by atoms with Crippen molar-refractivity contribution in [1.29, 1.82) is 0 Å². The number of ether oxygens (including phenoxy) is 1. The van der Waals surface area contributed by atoms with Crippen LogP contribution in [0.5, 0.6) is 11.8 Å². The highest BCUT2D eigenvalue weighted by Gasteiger charge is 2.06. The molecule has 0 atom stereocenters. The van der Waals surface area contributed by atoms with Crippen molar-refractivity contribution in [3.05, 3.63) is 45.7 Å². The molecule has 0 radical (unpaired) electrons. The molecule has 3 nitrogen and oxygen atoms in total. The lowest BCUT2D eigenvalue weighted by atomic mass is 10.3. The van der Waals surface area contributed by atoms with E-state index in [1.807, 2.05) is 0 Å². The van der Waals surface area contributed by atoms with Gasteiger partial charge in [-0.3, -0.25) is 0 Å². The summed E-state index contributed by atoms with van der Waals surface area (Å²) in [5, 5.41) is 0.881. The summed E-state index contributed by atoms with van der Waals surface area (Å²) in [5.74, 6) is 0.447. The first-order valence-electron chi connectivity index (χ1n) is 4.27.